The first kappa shape index (κ1) is 27.7. The maximum absolute atomic E-state index is 14.0. The highest BCUT2D eigenvalue weighted by Gasteiger charge is 2.26. The third kappa shape index (κ3) is 8.08. The fourth-order valence-corrected chi connectivity index (χ4v) is 4.23. The van der Waals surface area contributed by atoms with Crippen LogP contribution in [0.5, 0.6) is 5.88 Å². The van der Waals surface area contributed by atoms with Crippen LogP contribution in [0.2, 0.25) is 0 Å². The van der Waals surface area contributed by atoms with Gasteiger partial charge in [0.05, 0.1) is 24.2 Å². The van der Waals surface area contributed by atoms with Gasteiger partial charge in [-0.15, -0.1) is 0 Å². The first-order chi connectivity index (χ1) is 17.0. The molecule has 2 aromatic rings. The van der Waals surface area contributed by atoms with E-state index >= 15 is 0 Å². The molecule has 1 heterocycles. The molecule has 196 valence electrons. The lowest BCUT2D eigenvalue weighted by molar-refractivity contribution is -0.123. The van der Waals surface area contributed by atoms with E-state index < -0.39 is 48.0 Å². The van der Waals surface area contributed by atoms with Crippen LogP contribution in [0.25, 0.3) is 0 Å². The standard InChI is InChI=1S/C21H24BrF2N5O6S/c22-9-3-14(23)13(15(24)4-9)8-35-19-17(18(25)33)20(36-29-19)28-21(34)26-7-12(31)5-11(30)6-16(32)27-10-1-2-10/h3-4,10-12,30-31H,1-2,5-8H2,(H2,25,33)(H,27,32)(H2,26,28,34)/t11?,12-/m0/s1. The molecule has 7 N–H and O–H groups in total. The summed E-state index contributed by atoms with van der Waals surface area (Å²) < 4.78 is 37.4. The van der Waals surface area contributed by atoms with Crippen LogP contribution in [0, 0.1) is 11.6 Å². The zero-order chi connectivity index (χ0) is 26.4. The SMILES string of the molecule is NC(=O)c1c(OCc2c(F)cc(Br)cc2F)nsc1NC(=O)NC[C@@H](O)CC(O)CC(=O)NC1CC1. The fraction of sp³-hybridized carbons (Fsp3) is 0.429. The number of amides is 4. The maximum atomic E-state index is 14.0. The van der Waals surface area contributed by atoms with Crippen molar-refractivity contribution in [2.24, 2.45) is 5.73 Å². The number of nitrogens with one attached hydrogen (secondary N) is 3. The topological polar surface area (TPSA) is 176 Å². The highest BCUT2D eigenvalue weighted by molar-refractivity contribution is 9.10. The highest BCUT2D eigenvalue weighted by Crippen LogP contribution is 2.31. The van der Waals surface area contributed by atoms with E-state index in [1.165, 1.54) is 0 Å². The van der Waals surface area contributed by atoms with E-state index in [2.05, 4.69) is 36.3 Å². The lowest BCUT2D eigenvalue weighted by Crippen LogP contribution is -2.37. The second kappa shape index (κ2) is 12.4. The van der Waals surface area contributed by atoms with Crippen LogP contribution in [-0.4, -0.2) is 57.2 Å². The van der Waals surface area contributed by atoms with Crippen LogP contribution in [-0.2, 0) is 11.4 Å². The van der Waals surface area contributed by atoms with Gasteiger partial charge in [-0.1, -0.05) is 15.9 Å². The van der Waals surface area contributed by atoms with Gasteiger partial charge in [-0.25, -0.2) is 13.6 Å². The molecule has 3 rings (SSSR count). The van der Waals surface area contributed by atoms with Crippen molar-refractivity contribution in [1.29, 1.82) is 0 Å². The average molecular weight is 592 g/mol. The number of primary amides is 1. The number of carbonyl (C=O) groups is 3. The molecule has 0 bridgehead atoms. The maximum Gasteiger partial charge on any atom is 0.320 e. The van der Waals surface area contributed by atoms with Crippen molar-refractivity contribution in [1.82, 2.24) is 15.0 Å². The molecule has 1 aliphatic rings. The first-order valence-corrected chi connectivity index (χ1v) is 12.4. The van der Waals surface area contributed by atoms with Crippen molar-refractivity contribution in [2.75, 3.05) is 11.9 Å². The van der Waals surface area contributed by atoms with E-state index in [0.29, 0.717) is 11.5 Å². The number of carbonyl (C=O) groups excluding carboxylic acids is 3. The number of urea groups is 1. The Bertz CT molecular complexity index is 1110. The van der Waals surface area contributed by atoms with Crippen molar-refractivity contribution in [3.05, 3.63) is 39.4 Å². The minimum absolute atomic E-state index is 0.0852. The summed E-state index contributed by atoms with van der Waals surface area (Å²) in [5.74, 6) is -3.38. The lowest BCUT2D eigenvalue weighted by atomic mass is 10.1. The third-order valence-corrected chi connectivity index (χ3v) is 6.20. The molecule has 1 unspecified atom stereocenters. The van der Waals surface area contributed by atoms with Crippen molar-refractivity contribution < 1.29 is 38.1 Å². The molecule has 36 heavy (non-hydrogen) atoms. The van der Waals surface area contributed by atoms with E-state index in [1.54, 1.807) is 0 Å². The number of nitrogens with two attached hydrogens (primary N) is 1. The number of ether oxygens (including phenoxy) is 1. The van der Waals surface area contributed by atoms with E-state index in [-0.39, 0.29) is 52.3 Å². The Morgan fingerprint density at radius 2 is 1.89 bits per heavy atom. The first-order valence-electron chi connectivity index (χ1n) is 10.8. The summed E-state index contributed by atoms with van der Waals surface area (Å²) in [6, 6.07) is 1.43. The summed E-state index contributed by atoms with van der Waals surface area (Å²) in [5.41, 5.74) is 4.66. The summed E-state index contributed by atoms with van der Waals surface area (Å²) >= 11 is 3.62. The fourth-order valence-electron chi connectivity index (χ4n) is 3.09. The Morgan fingerprint density at radius 3 is 2.50 bits per heavy atom. The average Bonchev–Trinajstić information content (AvgIpc) is 3.48. The van der Waals surface area contributed by atoms with Crippen molar-refractivity contribution in [3.63, 3.8) is 0 Å². The van der Waals surface area contributed by atoms with Crippen molar-refractivity contribution in [3.8, 4) is 5.88 Å². The normalized spacial score (nSPS) is 14.6. The summed E-state index contributed by atoms with van der Waals surface area (Å²) in [4.78, 5) is 35.8. The number of nitrogens with zero attached hydrogens (tertiary/aromatic N) is 1. The van der Waals surface area contributed by atoms with Gasteiger partial charge in [0, 0.05) is 23.5 Å². The molecule has 1 aliphatic carbocycles. The van der Waals surface area contributed by atoms with Crippen LogP contribution in [0.4, 0.5) is 18.6 Å². The van der Waals surface area contributed by atoms with Crippen LogP contribution >= 0.6 is 27.5 Å². The number of halogens is 3. The molecule has 0 spiro atoms. The zero-order valence-corrected chi connectivity index (χ0v) is 21.1. The molecule has 1 fully saturated rings. The highest BCUT2D eigenvalue weighted by atomic mass is 79.9. The number of aliphatic hydroxyl groups is 2. The van der Waals surface area contributed by atoms with E-state index in [0.717, 1.165) is 25.0 Å². The Kier molecular flexibility index (Phi) is 9.53. The number of aliphatic hydroxyl groups excluding tert-OH is 2. The molecule has 1 aromatic carbocycles. The summed E-state index contributed by atoms with van der Waals surface area (Å²) in [7, 11) is 0. The minimum atomic E-state index is -1.15. The van der Waals surface area contributed by atoms with Crippen LogP contribution in [0.15, 0.2) is 16.6 Å². The zero-order valence-electron chi connectivity index (χ0n) is 18.7. The number of hydrogen-bond donors (Lipinski definition) is 6. The van der Waals surface area contributed by atoms with Crippen LogP contribution in [0.3, 0.4) is 0 Å². The largest absolute Gasteiger partial charge is 0.471 e. The molecule has 1 aromatic heterocycles. The van der Waals surface area contributed by atoms with Crippen molar-refractivity contribution >= 4 is 50.3 Å². The number of benzene rings is 1. The Balaban J connectivity index is 1.51. The molecule has 11 nitrogen and oxygen atoms in total. The molecule has 0 saturated heterocycles. The predicted octanol–water partition coefficient (Wildman–Crippen LogP) is 1.76. The van der Waals surface area contributed by atoms with Gasteiger partial charge >= 0.3 is 6.03 Å². The van der Waals surface area contributed by atoms with Gasteiger partial charge < -0.3 is 31.3 Å². The number of hydrogen-bond acceptors (Lipinski definition) is 8. The second-order valence-corrected chi connectivity index (χ2v) is 9.81. The van der Waals surface area contributed by atoms with Gasteiger partial charge in [-0.05, 0) is 36.5 Å². The summed E-state index contributed by atoms with van der Waals surface area (Å²) in [5, 5.41) is 27.3. The Morgan fingerprint density at radius 1 is 1.22 bits per heavy atom. The Labute approximate surface area is 216 Å². The quantitative estimate of drug-likeness (QED) is 0.218. The van der Waals surface area contributed by atoms with Crippen LogP contribution in [0.1, 0.15) is 41.6 Å². The molecule has 15 heteroatoms. The number of aromatic nitrogens is 1. The van der Waals surface area contributed by atoms with Gasteiger partial charge in [-0.2, -0.15) is 4.37 Å². The van der Waals surface area contributed by atoms with Gasteiger partial charge in [-0.3, -0.25) is 14.9 Å². The van der Waals surface area contributed by atoms with Gasteiger partial charge in [0.15, 0.2) is 0 Å². The summed E-state index contributed by atoms with van der Waals surface area (Å²) in [6.07, 6.45) is -0.725. The van der Waals surface area contributed by atoms with Gasteiger partial charge in [0.1, 0.15) is 28.8 Å². The lowest BCUT2D eigenvalue weighted by Gasteiger charge is -2.16. The van der Waals surface area contributed by atoms with E-state index in [1.807, 2.05) is 0 Å². The molecule has 1 saturated carbocycles. The minimum Gasteiger partial charge on any atom is -0.471 e. The van der Waals surface area contributed by atoms with Crippen molar-refractivity contribution in [2.45, 2.75) is 50.5 Å². The smallest absolute Gasteiger partial charge is 0.320 e. The molecule has 0 aliphatic heterocycles. The van der Waals surface area contributed by atoms with Gasteiger partial charge in [0.25, 0.3) is 5.91 Å². The second-order valence-electron chi connectivity index (χ2n) is 8.12. The third-order valence-electron chi connectivity index (χ3n) is 5.00. The van der Waals surface area contributed by atoms with Gasteiger partial charge in [0.2, 0.25) is 11.8 Å². The molecular weight excluding hydrogens is 568 g/mol. The van der Waals surface area contributed by atoms with Crippen LogP contribution < -0.4 is 26.4 Å². The van der Waals surface area contributed by atoms with E-state index in [4.69, 9.17) is 10.5 Å². The molecule has 2 atom stereocenters. The summed E-state index contributed by atoms with van der Waals surface area (Å²) in [6.45, 7) is -0.850. The molecule has 4 amide bonds. The van der Waals surface area contributed by atoms with E-state index in [9.17, 15) is 33.4 Å². The monoisotopic (exact) mass is 591 g/mol. The molecule has 0 radical (unpaired) electrons. The molecular formula is C21H24BrF2N5O6S. The predicted molar refractivity (Wildman–Crippen MR) is 128 cm³/mol. The Hall–Kier alpha value is -2.88. The number of anilines is 1. The number of rotatable bonds is 12.